The lowest BCUT2D eigenvalue weighted by atomic mass is 9.68. The van der Waals surface area contributed by atoms with Crippen LogP contribution in [0.1, 0.15) is 43.9 Å². The summed E-state index contributed by atoms with van der Waals surface area (Å²) in [5.74, 6) is 0.401. The number of carbonyl (C=O) groups excluding carboxylic acids is 1. The van der Waals surface area contributed by atoms with E-state index in [-0.39, 0.29) is 11.2 Å². The van der Waals surface area contributed by atoms with Crippen LogP contribution in [0.4, 0.5) is 5.82 Å². The molecule has 7 heteroatoms. The fourth-order valence-electron chi connectivity index (χ4n) is 5.27. The van der Waals surface area contributed by atoms with Gasteiger partial charge in [0.05, 0.1) is 17.6 Å². The van der Waals surface area contributed by atoms with E-state index >= 15 is 0 Å². The number of aromatic amines is 1. The monoisotopic (exact) mass is 483 g/mol. The SMILES string of the molecule is Cc1[nH]nc(N2C(N)=C(C#N)[C@H](c3ccccc3)C3=C2CC(C)(C)CC3=O)c1-c1ccc(Cl)cc1. The maximum Gasteiger partial charge on any atom is 0.168 e. The van der Waals surface area contributed by atoms with Crippen LogP contribution in [-0.4, -0.2) is 16.0 Å². The Morgan fingerprint density at radius 2 is 1.83 bits per heavy atom. The molecule has 6 nitrogen and oxygen atoms in total. The Bertz CT molecular complexity index is 1420. The fraction of sp³-hybridized carbons (Fsp3) is 0.250. The number of hydrogen-bond donors (Lipinski definition) is 2. The van der Waals surface area contributed by atoms with Gasteiger partial charge in [-0.3, -0.25) is 14.8 Å². The normalized spacial score (nSPS) is 19.6. The molecule has 0 unspecified atom stereocenters. The Morgan fingerprint density at radius 1 is 1.14 bits per heavy atom. The number of allylic oxidation sites excluding steroid dienone is 3. The highest BCUT2D eigenvalue weighted by molar-refractivity contribution is 6.30. The largest absolute Gasteiger partial charge is 0.384 e. The smallest absolute Gasteiger partial charge is 0.168 e. The molecule has 0 spiro atoms. The average Bonchev–Trinajstić information content (AvgIpc) is 3.19. The van der Waals surface area contributed by atoms with E-state index in [1.165, 1.54) is 0 Å². The number of Topliss-reactive ketones (excluding diaryl/α,β-unsaturated/α-hetero) is 1. The number of halogens is 1. The van der Waals surface area contributed by atoms with E-state index in [1.54, 1.807) is 0 Å². The predicted molar refractivity (Wildman–Crippen MR) is 137 cm³/mol. The van der Waals surface area contributed by atoms with E-state index in [0.717, 1.165) is 28.1 Å². The lowest BCUT2D eigenvalue weighted by Crippen LogP contribution is -2.42. The van der Waals surface area contributed by atoms with Crippen LogP contribution in [0.2, 0.25) is 5.02 Å². The second kappa shape index (κ2) is 8.44. The molecule has 1 aliphatic carbocycles. The molecule has 0 saturated carbocycles. The van der Waals surface area contributed by atoms with Crippen molar-refractivity contribution in [2.45, 2.75) is 39.5 Å². The minimum atomic E-state index is -0.505. The molecule has 0 saturated heterocycles. The Morgan fingerprint density at radius 3 is 2.49 bits per heavy atom. The summed E-state index contributed by atoms with van der Waals surface area (Å²) < 4.78 is 0. The zero-order valence-electron chi connectivity index (χ0n) is 19.9. The first-order chi connectivity index (χ1) is 16.7. The average molecular weight is 484 g/mol. The third-order valence-electron chi connectivity index (χ3n) is 6.79. The molecule has 0 fully saturated rings. The molecule has 3 aromatic rings. The second-order valence-corrected chi connectivity index (χ2v) is 10.4. The number of rotatable bonds is 3. The summed E-state index contributed by atoms with van der Waals surface area (Å²) in [6.07, 6.45) is 1.04. The van der Waals surface area contributed by atoms with Gasteiger partial charge in [0, 0.05) is 34.0 Å². The number of nitrogens with one attached hydrogen (secondary N) is 1. The van der Waals surface area contributed by atoms with Crippen LogP contribution >= 0.6 is 11.6 Å². The van der Waals surface area contributed by atoms with Crippen LogP contribution in [0, 0.1) is 23.7 Å². The van der Waals surface area contributed by atoms with Gasteiger partial charge in [0.15, 0.2) is 11.6 Å². The number of nitrogens with two attached hydrogens (primary N) is 1. The van der Waals surface area contributed by atoms with E-state index < -0.39 is 5.92 Å². The topological polar surface area (TPSA) is 98.8 Å². The number of carbonyl (C=O) groups is 1. The Kier molecular flexibility index (Phi) is 5.53. The van der Waals surface area contributed by atoms with Crippen LogP contribution in [0.3, 0.4) is 0 Å². The van der Waals surface area contributed by atoms with Gasteiger partial charge in [0.25, 0.3) is 0 Å². The van der Waals surface area contributed by atoms with Crippen molar-refractivity contribution in [3.05, 3.63) is 93.5 Å². The van der Waals surface area contributed by atoms with Gasteiger partial charge in [-0.25, -0.2) is 0 Å². The predicted octanol–water partition coefficient (Wildman–Crippen LogP) is 5.98. The van der Waals surface area contributed by atoms with Crippen LogP contribution in [-0.2, 0) is 4.79 Å². The number of H-pyrrole nitrogens is 1. The first-order valence-electron chi connectivity index (χ1n) is 11.5. The minimum Gasteiger partial charge on any atom is -0.384 e. The Balaban J connectivity index is 1.79. The van der Waals surface area contributed by atoms with Gasteiger partial charge in [-0.15, -0.1) is 0 Å². The number of aromatic nitrogens is 2. The standard InChI is InChI=1S/C28H26ClN5O/c1-16-23(18-9-11-19(29)12-10-18)27(33-32-16)34-21-13-28(2,3)14-22(35)25(21)24(20(15-30)26(34)31)17-7-5-4-6-8-17/h4-12,24H,13-14,31H2,1-3H3,(H,32,33)/t24-/m0/s1. The zero-order valence-corrected chi connectivity index (χ0v) is 20.6. The summed E-state index contributed by atoms with van der Waals surface area (Å²) in [4.78, 5) is 15.5. The zero-order chi connectivity index (χ0) is 24.9. The maximum atomic E-state index is 13.7. The van der Waals surface area contributed by atoms with Gasteiger partial charge in [-0.05, 0) is 42.0 Å². The molecular formula is C28H26ClN5O. The van der Waals surface area contributed by atoms with Crippen molar-refractivity contribution >= 4 is 23.2 Å². The van der Waals surface area contributed by atoms with Crippen molar-refractivity contribution in [3.8, 4) is 17.2 Å². The lowest BCUT2D eigenvalue weighted by molar-refractivity contribution is -0.118. The quantitative estimate of drug-likeness (QED) is 0.477. The molecule has 2 aromatic carbocycles. The van der Waals surface area contributed by atoms with Crippen molar-refractivity contribution in [3.63, 3.8) is 0 Å². The molecule has 2 aliphatic rings. The van der Waals surface area contributed by atoms with Crippen molar-refractivity contribution < 1.29 is 4.79 Å². The summed E-state index contributed by atoms with van der Waals surface area (Å²) in [5, 5.41) is 18.6. The van der Waals surface area contributed by atoms with Crippen molar-refractivity contribution in [1.82, 2.24) is 10.2 Å². The molecule has 0 radical (unpaired) electrons. The number of aryl methyl sites for hydroxylation is 1. The summed E-state index contributed by atoms with van der Waals surface area (Å²) in [6, 6.07) is 19.5. The lowest BCUT2D eigenvalue weighted by Gasteiger charge is -2.43. The number of anilines is 1. The molecule has 5 rings (SSSR count). The second-order valence-electron chi connectivity index (χ2n) is 9.95. The minimum absolute atomic E-state index is 0.0376. The van der Waals surface area contributed by atoms with E-state index in [4.69, 9.17) is 17.3 Å². The van der Waals surface area contributed by atoms with Crippen LogP contribution < -0.4 is 10.6 Å². The van der Waals surface area contributed by atoms with Crippen LogP contribution in [0.25, 0.3) is 11.1 Å². The number of hydrogen-bond acceptors (Lipinski definition) is 5. The van der Waals surface area contributed by atoms with Crippen LogP contribution in [0.15, 0.2) is 77.3 Å². The fourth-order valence-corrected chi connectivity index (χ4v) is 5.40. The molecule has 1 aliphatic heterocycles. The van der Waals surface area contributed by atoms with E-state index in [9.17, 15) is 10.1 Å². The summed E-state index contributed by atoms with van der Waals surface area (Å²) >= 11 is 6.13. The third kappa shape index (κ3) is 3.82. The molecule has 0 bridgehead atoms. The Labute approximate surface area is 209 Å². The highest BCUT2D eigenvalue weighted by Gasteiger charge is 2.45. The van der Waals surface area contributed by atoms with Gasteiger partial charge in [0.2, 0.25) is 0 Å². The molecular weight excluding hydrogens is 458 g/mol. The summed E-state index contributed by atoms with van der Waals surface area (Å²) in [7, 11) is 0. The van der Waals surface area contributed by atoms with Gasteiger partial charge < -0.3 is 5.73 Å². The molecule has 35 heavy (non-hydrogen) atoms. The van der Waals surface area contributed by atoms with E-state index in [0.29, 0.717) is 40.6 Å². The van der Waals surface area contributed by atoms with Gasteiger partial charge in [-0.2, -0.15) is 10.4 Å². The highest BCUT2D eigenvalue weighted by atomic mass is 35.5. The molecule has 176 valence electrons. The van der Waals surface area contributed by atoms with Gasteiger partial charge >= 0.3 is 0 Å². The van der Waals surface area contributed by atoms with Crippen molar-refractivity contribution in [2.75, 3.05) is 4.90 Å². The van der Waals surface area contributed by atoms with E-state index in [1.807, 2.05) is 66.4 Å². The van der Waals surface area contributed by atoms with Gasteiger partial charge in [0.1, 0.15) is 5.82 Å². The highest BCUT2D eigenvalue weighted by Crippen LogP contribution is 2.51. The van der Waals surface area contributed by atoms with Gasteiger partial charge in [-0.1, -0.05) is 67.9 Å². The number of nitriles is 1. The summed E-state index contributed by atoms with van der Waals surface area (Å²) in [5.41, 5.74) is 11.8. The first kappa shape index (κ1) is 22.9. The number of benzene rings is 2. The number of nitrogens with zero attached hydrogens (tertiary/aromatic N) is 3. The summed E-state index contributed by atoms with van der Waals surface area (Å²) in [6.45, 7) is 6.10. The van der Waals surface area contributed by atoms with E-state index in [2.05, 4.69) is 30.1 Å². The molecule has 3 N–H and O–H groups in total. The van der Waals surface area contributed by atoms with Crippen molar-refractivity contribution in [2.24, 2.45) is 11.1 Å². The maximum absolute atomic E-state index is 13.7. The van der Waals surface area contributed by atoms with Crippen molar-refractivity contribution in [1.29, 1.82) is 5.26 Å². The first-order valence-corrected chi connectivity index (χ1v) is 11.9. The molecule has 2 heterocycles. The number of ketones is 1. The molecule has 0 amide bonds. The van der Waals surface area contributed by atoms with Crippen LogP contribution in [0.5, 0.6) is 0 Å². The Hall–Kier alpha value is -3.82. The third-order valence-corrected chi connectivity index (χ3v) is 7.04. The molecule has 1 atom stereocenters. The molecule has 1 aromatic heterocycles.